The third-order valence-electron chi connectivity index (χ3n) is 3.15. The number of thiazole rings is 1. The maximum atomic E-state index is 12.0. The van der Waals surface area contributed by atoms with Crippen LogP contribution >= 0.6 is 23.1 Å². The highest BCUT2D eigenvalue weighted by atomic mass is 32.2. The predicted molar refractivity (Wildman–Crippen MR) is 82.3 cm³/mol. The Hall–Kier alpha value is -1.13. The number of hydrogen-bond acceptors (Lipinski definition) is 4. The van der Waals surface area contributed by atoms with Crippen LogP contribution in [-0.4, -0.2) is 16.5 Å². The molecule has 0 spiro atoms. The van der Waals surface area contributed by atoms with Crippen molar-refractivity contribution in [2.24, 2.45) is 0 Å². The van der Waals surface area contributed by atoms with E-state index in [9.17, 15) is 4.79 Å². The van der Waals surface area contributed by atoms with Gasteiger partial charge < -0.3 is 0 Å². The average Bonchev–Trinajstić information content (AvgIpc) is 2.97. The summed E-state index contributed by atoms with van der Waals surface area (Å²) >= 11 is 3.07. The first-order valence-electron chi connectivity index (χ1n) is 6.36. The SMILES string of the molecule is CCC(C)c1ccc(C(=O)CSc2nccs2)cc1. The summed E-state index contributed by atoms with van der Waals surface area (Å²) in [5.41, 5.74) is 2.09. The number of Topliss-reactive ketones (excluding diaryl/α,β-unsaturated/α-hetero) is 1. The van der Waals surface area contributed by atoms with Gasteiger partial charge in [-0.1, -0.05) is 49.9 Å². The Morgan fingerprint density at radius 1 is 1.37 bits per heavy atom. The van der Waals surface area contributed by atoms with Crippen LogP contribution in [0, 0.1) is 0 Å². The van der Waals surface area contributed by atoms with E-state index in [1.165, 1.54) is 17.3 Å². The molecule has 1 aromatic carbocycles. The molecule has 1 aromatic heterocycles. The molecule has 100 valence electrons. The summed E-state index contributed by atoms with van der Waals surface area (Å²) in [6.07, 6.45) is 2.88. The van der Waals surface area contributed by atoms with Crippen molar-refractivity contribution in [1.29, 1.82) is 0 Å². The van der Waals surface area contributed by atoms with E-state index in [0.29, 0.717) is 11.7 Å². The first-order valence-corrected chi connectivity index (χ1v) is 8.22. The van der Waals surface area contributed by atoms with Gasteiger partial charge in [0.2, 0.25) is 0 Å². The minimum Gasteiger partial charge on any atom is -0.293 e. The second kappa shape index (κ2) is 6.87. The van der Waals surface area contributed by atoms with Crippen molar-refractivity contribution < 1.29 is 4.79 Å². The van der Waals surface area contributed by atoms with Gasteiger partial charge in [-0.15, -0.1) is 11.3 Å². The maximum absolute atomic E-state index is 12.0. The van der Waals surface area contributed by atoms with Crippen LogP contribution in [0.5, 0.6) is 0 Å². The number of ketones is 1. The van der Waals surface area contributed by atoms with Gasteiger partial charge in [-0.2, -0.15) is 0 Å². The van der Waals surface area contributed by atoms with Crippen molar-refractivity contribution in [2.75, 3.05) is 5.75 Å². The maximum Gasteiger partial charge on any atom is 0.173 e. The minimum atomic E-state index is 0.163. The lowest BCUT2D eigenvalue weighted by Crippen LogP contribution is -2.02. The van der Waals surface area contributed by atoms with Crippen molar-refractivity contribution in [3.05, 3.63) is 47.0 Å². The highest BCUT2D eigenvalue weighted by Crippen LogP contribution is 2.22. The molecule has 1 atom stereocenters. The lowest BCUT2D eigenvalue weighted by atomic mass is 9.97. The number of carbonyl (C=O) groups is 1. The first kappa shape index (κ1) is 14.3. The van der Waals surface area contributed by atoms with Gasteiger partial charge >= 0.3 is 0 Å². The van der Waals surface area contributed by atoms with Crippen molar-refractivity contribution in [2.45, 2.75) is 30.5 Å². The Morgan fingerprint density at radius 2 is 2.11 bits per heavy atom. The van der Waals surface area contributed by atoms with E-state index in [4.69, 9.17) is 0 Å². The summed E-state index contributed by atoms with van der Waals surface area (Å²) in [7, 11) is 0. The number of benzene rings is 1. The fourth-order valence-corrected chi connectivity index (χ4v) is 3.26. The van der Waals surface area contributed by atoms with Crippen molar-refractivity contribution in [3.8, 4) is 0 Å². The zero-order valence-corrected chi connectivity index (χ0v) is 12.8. The fourth-order valence-electron chi connectivity index (χ4n) is 1.73. The molecule has 19 heavy (non-hydrogen) atoms. The van der Waals surface area contributed by atoms with Crippen LogP contribution in [0.15, 0.2) is 40.2 Å². The first-order chi connectivity index (χ1) is 9.20. The van der Waals surface area contributed by atoms with E-state index in [2.05, 4.69) is 31.0 Å². The molecule has 2 nitrogen and oxygen atoms in total. The molecule has 0 bridgehead atoms. The third kappa shape index (κ3) is 3.91. The molecule has 4 heteroatoms. The van der Waals surface area contributed by atoms with Crippen LogP contribution in [0.4, 0.5) is 0 Å². The zero-order valence-electron chi connectivity index (χ0n) is 11.1. The summed E-state index contributed by atoms with van der Waals surface area (Å²) < 4.78 is 0.949. The molecule has 0 N–H and O–H groups in total. The summed E-state index contributed by atoms with van der Waals surface area (Å²) in [4.78, 5) is 16.2. The van der Waals surface area contributed by atoms with E-state index in [1.54, 1.807) is 17.5 Å². The molecule has 0 radical (unpaired) electrons. The van der Waals surface area contributed by atoms with E-state index >= 15 is 0 Å². The number of thioether (sulfide) groups is 1. The van der Waals surface area contributed by atoms with Crippen LogP contribution in [0.25, 0.3) is 0 Å². The summed E-state index contributed by atoms with van der Waals surface area (Å²) in [5, 5.41) is 1.92. The molecular formula is C15H17NOS2. The van der Waals surface area contributed by atoms with Crippen LogP contribution in [0.1, 0.15) is 42.1 Å². The standard InChI is InChI=1S/C15H17NOS2/c1-3-11(2)12-4-6-13(7-5-12)14(17)10-19-15-16-8-9-18-15/h4-9,11H,3,10H2,1-2H3. The molecule has 0 amide bonds. The minimum absolute atomic E-state index is 0.163. The highest BCUT2D eigenvalue weighted by molar-refractivity contribution is 8.01. The molecule has 0 aliphatic rings. The van der Waals surface area contributed by atoms with E-state index in [0.717, 1.165) is 16.3 Å². The predicted octanol–water partition coefficient (Wildman–Crippen LogP) is 4.63. The molecule has 0 saturated carbocycles. The van der Waals surface area contributed by atoms with Gasteiger partial charge in [0.05, 0.1) is 5.75 Å². The Labute approximate surface area is 122 Å². The van der Waals surface area contributed by atoms with Gasteiger partial charge in [0.25, 0.3) is 0 Å². The number of aromatic nitrogens is 1. The van der Waals surface area contributed by atoms with Gasteiger partial charge in [-0.05, 0) is 17.9 Å². The molecular weight excluding hydrogens is 274 g/mol. The molecule has 0 aliphatic heterocycles. The largest absolute Gasteiger partial charge is 0.293 e. The molecule has 1 unspecified atom stereocenters. The van der Waals surface area contributed by atoms with E-state index in [1.807, 2.05) is 17.5 Å². The molecule has 0 saturated heterocycles. The van der Waals surface area contributed by atoms with Crippen molar-refractivity contribution in [3.63, 3.8) is 0 Å². The topological polar surface area (TPSA) is 30.0 Å². The van der Waals surface area contributed by atoms with Gasteiger partial charge in [0.15, 0.2) is 5.78 Å². The van der Waals surface area contributed by atoms with Crippen molar-refractivity contribution >= 4 is 28.9 Å². The third-order valence-corrected chi connectivity index (χ3v) is 5.12. The van der Waals surface area contributed by atoms with Gasteiger partial charge in [-0.25, -0.2) is 4.98 Å². The summed E-state index contributed by atoms with van der Waals surface area (Å²) in [5.74, 6) is 1.17. The molecule has 2 rings (SSSR count). The second-order valence-electron chi connectivity index (χ2n) is 4.44. The number of rotatable bonds is 6. The van der Waals surface area contributed by atoms with Gasteiger partial charge in [-0.3, -0.25) is 4.79 Å². The van der Waals surface area contributed by atoms with E-state index < -0.39 is 0 Å². The van der Waals surface area contributed by atoms with Crippen LogP contribution in [-0.2, 0) is 0 Å². The van der Waals surface area contributed by atoms with E-state index in [-0.39, 0.29) is 5.78 Å². The zero-order chi connectivity index (χ0) is 13.7. The molecule has 0 fully saturated rings. The lowest BCUT2D eigenvalue weighted by Gasteiger charge is -2.09. The monoisotopic (exact) mass is 291 g/mol. The Morgan fingerprint density at radius 3 is 2.68 bits per heavy atom. The molecule has 1 heterocycles. The molecule has 0 aliphatic carbocycles. The molecule has 2 aromatic rings. The Bertz CT molecular complexity index is 520. The Balaban J connectivity index is 1.95. The van der Waals surface area contributed by atoms with Gasteiger partial charge in [0.1, 0.15) is 4.34 Å². The number of carbonyl (C=O) groups excluding carboxylic acids is 1. The van der Waals surface area contributed by atoms with Crippen LogP contribution < -0.4 is 0 Å². The van der Waals surface area contributed by atoms with Gasteiger partial charge in [0, 0.05) is 17.1 Å². The average molecular weight is 291 g/mol. The normalized spacial score (nSPS) is 12.3. The van der Waals surface area contributed by atoms with Crippen LogP contribution in [0.2, 0.25) is 0 Å². The number of hydrogen-bond donors (Lipinski definition) is 0. The van der Waals surface area contributed by atoms with Crippen LogP contribution in [0.3, 0.4) is 0 Å². The number of nitrogens with zero attached hydrogens (tertiary/aromatic N) is 1. The smallest absolute Gasteiger partial charge is 0.173 e. The second-order valence-corrected chi connectivity index (χ2v) is 6.56. The van der Waals surface area contributed by atoms with Crippen molar-refractivity contribution in [1.82, 2.24) is 4.98 Å². The summed E-state index contributed by atoms with van der Waals surface area (Å²) in [6, 6.07) is 8.00. The highest BCUT2D eigenvalue weighted by Gasteiger charge is 2.09. The summed E-state index contributed by atoms with van der Waals surface area (Å²) in [6.45, 7) is 4.38. The fraction of sp³-hybridized carbons (Fsp3) is 0.333. The quantitative estimate of drug-likeness (QED) is 0.574. The Kier molecular flexibility index (Phi) is 5.16. The lowest BCUT2D eigenvalue weighted by molar-refractivity contribution is 0.102.